The molecule has 0 saturated carbocycles. The van der Waals surface area contributed by atoms with Gasteiger partial charge >= 0.3 is 0 Å². The van der Waals surface area contributed by atoms with Crippen molar-refractivity contribution in [3.63, 3.8) is 0 Å². The van der Waals surface area contributed by atoms with Gasteiger partial charge in [0.25, 0.3) is 0 Å². The zero-order valence-electron chi connectivity index (χ0n) is 37.7. The van der Waals surface area contributed by atoms with E-state index in [0.717, 1.165) is 0 Å². The van der Waals surface area contributed by atoms with E-state index in [9.17, 15) is 38.4 Å². The van der Waals surface area contributed by atoms with Gasteiger partial charge in [0, 0.05) is 116 Å². The molecule has 2 aliphatic rings. The Morgan fingerprint density at radius 3 is 1.03 bits per heavy atom. The first-order valence-electron chi connectivity index (χ1n) is 21.4. The molecule has 0 bridgehead atoms. The van der Waals surface area contributed by atoms with Gasteiger partial charge < -0.3 is 71.3 Å². The maximum atomic E-state index is 12.9. The summed E-state index contributed by atoms with van der Waals surface area (Å²) in [6.45, 7) is 8.73. The van der Waals surface area contributed by atoms with Crippen molar-refractivity contribution in [1.82, 2.24) is 62.1 Å². The molecule has 2 heterocycles. The molecule has 0 aromatic rings. The van der Waals surface area contributed by atoms with Crippen molar-refractivity contribution in [3.8, 4) is 0 Å². The van der Waals surface area contributed by atoms with Crippen molar-refractivity contribution in [2.45, 2.75) is 38.9 Å². The molecule has 0 aromatic carbocycles. The van der Waals surface area contributed by atoms with Gasteiger partial charge in [0.15, 0.2) is 0 Å². The minimum atomic E-state index is -0.416. The maximum Gasteiger partial charge on any atom is 0.246 e. The summed E-state index contributed by atoms with van der Waals surface area (Å²) in [5.74, 6) is -3.14. The van der Waals surface area contributed by atoms with Gasteiger partial charge in [-0.25, -0.2) is 0 Å². The second-order valence-electron chi connectivity index (χ2n) is 15.5. The number of hydrogen-bond donors (Lipinski definition) is 8. The molecule has 24 nitrogen and oxygen atoms in total. The number of carbonyl (C=O) groups is 8. The Bertz CT molecular complexity index is 1400. The standard InChI is InChI=1S/C39H72N12O12/c1-29(50-17-10-44-36(56)24-60-21-32(52)40-6-13-48(4)14-7-41-33(53)22-61-25-37(57)45-11-18-50)20-51-19-12-46-38(58)26-62-23-34(54)42-8-15-49(5)16-9-43-35(55)27-63-28-39(59)47-30(2)31(51)3/h29-31H,6-28H2,1-5H3,(H,40,52)(H,41,53)(H,42,54)(H,43,55)(H,44,56)(H,45,57)(H,46,58)(H,47,59). The number of hydrogen-bond acceptors (Lipinski definition) is 16. The van der Waals surface area contributed by atoms with Crippen LogP contribution in [0.2, 0.25) is 0 Å². The van der Waals surface area contributed by atoms with Crippen LogP contribution in [-0.4, -0.2) is 250 Å². The number of rotatable bonds is 3. The molecule has 2 rings (SSSR count). The molecule has 0 spiro atoms. The summed E-state index contributed by atoms with van der Waals surface area (Å²) in [6.07, 6.45) is 0. The van der Waals surface area contributed by atoms with Gasteiger partial charge in [-0.05, 0) is 34.9 Å². The lowest BCUT2D eigenvalue weighted by atomic mass is 10.1. The summed E-state index contributed by atoms with van der Waals surface area (Å²) in [5.41, 5.74) is 0. The third-order valence-electron chi connectivity index (χ3n) is 10.1. The van der Waals surface area contributed by atoms with Crippen LogP contribution in [0.1, 0.15) is 20.8 Å². The molecule has 0 radical (unpaired) electrons. The summed E-state index contributed by atoms with van der Waals surface area (Å²) >= 11 is 0. The van der Waals surface area contributed by atoms with E-state index in [2.05, 4.69) is 52.3 Å². The lowest BCUT2D eigenvalue weighted by Gasteiger charge is -2.38. The lowest BCUT2D eigenvalue weighted by molar-refractivity contribution is -0.133. The molecule has 24 heteroatoms. The number of amides is 8. The van der Waals surface area contributed by atoms with Crippen LogP contribution in [-0.2, 0) is 57.3 Å². The van der Waals surface area contributed by atoms with E-state index in [1.165, 1.54) is 0 Å². The van der Waals surface area contributed by atoms with Crippen LogP contribution in [0.3, 0.4) is 0 Å². The topological polar surface area (TPSA) is 283 Å². The van der Waals surface area contributed by atoms with Crippen LogP contribution in [0.25, 0.3) is 0 Å². The molecule has 63 heavy (non-hydrogen) atoms. The van der Waals surface area contributed by atoms with Gasteiger partial charge in [-0.3, -0.25) is 48.2 Å². The Morgan fingerprint density at radius 2 is 0.714 bits per heavy atom. The van der Waals surface area contributed by atoms with Gasteiger partial charge in [0.1, 0.15) is 52.9 Å². The predicted molar refractivity (Wildman–Crippen MR) is 229 cm³/mol. The third kappa shape index (κ3) is 26.6. The molecular weight excluding hydrogens is 829 g/mol. The van der Waals surface area contributed by atoms with Crippen molar-refractivity contribution < 1.29 is 57.3 Å². The highest BCUT2D eigenvalue weighted by atomic mass is 16.5. The van der Waals surface area contributed by atoms with Crippen molar-refractivity contribution >= 4 is 47.3 Å². The number of nitrogens with one attached hydrogen (secondary N) is 8. The number of carbonyl (C=O) groups excluding carboxylic acids is 8. The number of likely N-dealkylation sites (N-methyl/N-ethyl adjacent to an activating group) is 2. The Hall–Kier alpha value is -4.56. The minimum Gasteiger partial charge on any atom is -0.362 e. The molecule has 2 fully saturated rings. The Labute approximate surface area is 370 Å². The van der Waals surface area contributed by atoms with Crippen LogP contribution in [0.4, 0.5) is 0 Å². The molecule has 8 amide bonds. The minimum absolute atomic E-state index is 0.204. The van der Waals surface area contributed by atoms with E-state index in [1.54, 1.807) is 0 Å². The Morgan fingerprint density at radius 1 is 0.444 bits per heavy atom. The molecule has 0 aromatic heterocycles. The average molecular weight is 901 g/mol. The Balaban J connectivity index is 2.16. The van der Waals surface area contributed by atoms with E-state index in [4.69, 9.17) is 18.9 Å². The maximum absolute atomic E-state index is 12.9. The zero-order chi connectivity index (χ0) is 46.4. The van der Waals surface area contributed by atoms with E-state index >= 15 is 0 Å². The van der Waals surface area contributed by atoms with E-state index < -0.39 is 29.7 Å². The second-order valence-corrected chi connectivity index (χ2v) is 15.5. The van der Waals surface area contributed by atoms with Crippen molar-refractivity contribution in [1.29, 1.82) is 0 Å². The van der Waals surface area contributed by atoms with Crippen LogP contribution in [0.5, 0.6) is 0 Å². The SMILES string of the molecule is CC1NC(=O)COCC(=O)NCCN(C)CCNC(=O)COCC(=O)NCCN(CC(C)N2CCNC(=O)COCC(=O)NCCN(C)CCNC(=O)COCC(=O)NCC2)C1C. The van der Waals surface area contributed by atoms with E-state index in [-0.39, 0.29) is 108 Å². The number of ether oxygens (including phenoxy) is 4. The van der Waals surface area contributed by atoms with Gasteiger partial charge in [-0.1, -0.05) is 0 Å². The van der Waals surface area contributed by atoms with Crippen LogP contribution in [0.15, 0.2) is 0 Å². The fourth-order valence-corrected chi connectivity index (χ4v) is 6.29. The van der Waals surface area contributed by atoms with E-state index in [1.807, 2.05) is 44.7 Å². The average Bonchev–Trinajstić information content (AvgIpc) is 3.21. The van der Waals surface area contributed by atoms with Gasteiger partial charge in [-0.15, -0.1) is 0 Å². The molecule has 360 valence electrons. The zero-order valence-corrected chi connectivity index (χ0v) is 37.7. The molecular formula is C39H72N12O12. The molecule has 3 atom stereocenters. The number of nitrogens with zero attached hydrogens (tertiary/aromatic N) is 4. The highest BCUT2D eigenvalue weighted by molar-refractivity contribution is 5.81. The lowest BCUT2D eigenvalue weighted by Crippen LogP contribution is -2.55. The van der Waals surface area contributed by atoms with Crippen LogP contribution >= 0.6 is 0 Å². The van der Waals surface area contributed by atoms with Crippen molar-refractivity contribution in [3.05, 3.63) is 0 Å². The third-order valence-corrected chi connectivity index (χ3v) is 10.1. The van der Waals surface area contributed by atoms with Crippen LogP contribution in [0, 0.1) is 0 Å². The summed E-state index contributed by atoms with van der Waals surface area (Å²) in [6, 6.07) is -0.923. The van der Waals surface area contributed by atoms with Crippen LogP contribution < -0.4 is 42.5 Å². The largest absolute Gasteiger partial charge is 0.362 e. The van der Waals surface area contributed by atoms with Gasteiger partial charge in [0.05, 0.1) is 0 Å². The van der Waals surface area contributed by atoms with Crippen molar-refractivity contribution in [2.24, 2.45) is 0 Å². The smallest absolute Gasteiger partial charge is 0.246 e. The fourth-order valence-electron chi connectivity index (χ4n) is 6.29. The summed E-state index contributed by atoms with van der Waals surface area (Å²) in [5, 5.41) is 22.3. The summed E-state index contributed by atoms with van der Waals surface area (Å²) < 4.78 is 21.4. The Kier molecular flexibility index (Phi) is 27.9. The highest BCUT2D eigenvalue weighted by Crippen LogP contribution is 2.09. The highest BCUT2D eigenvalue weighted by Gasteiger charge is 2.26. The summed E-state index contributed by atoms with van der Waals surface area (Å²) in [7, 11) is 3.68. The fraction of sp³-hybridized carbons (Fsp3) is 0.795. The van der Waals surface area contributed by atoms with Crippen molar-refractivity contribution in [2.75, 3.05) is 165 Å². The quantitative estimate of drug-likeness (QED) is 0.131. The summed E-state index contributed by atoms with van der Waals surface area (Å²) in [4.78, 5) is 108. The molecule has 0 aliphatic carbocycles. The first-order chi connectivity index (χ1) is 30.1. The predicted octanol–water partition coefficient (Wildman–Crippen LogP) is -6.36. The first-order valence-corrected chi connectivity index (χ1v) is 21.4. The molecule has 3 unspecified atom stereocenters. The van der Waals surface area contributed by atoms with Gasteiger partial charge in [0.2, 0.25) is 47.3 Å². The monoisotopic (exact) mass is 901 g/mol. The molecule has 8 N–H and O–H groups in total. The molecule has 2 saturated heterocycles. The van der Waals surface area contributed by atoms with E-state index in [0.29, 0.717) is 78.5 Å². The van der Waals surface area contributed by atoms with Gasteiger partial charge in [-0.2, -0.15) is 0 Å². The second kappa shape index (κ2) is 32.2. The normalized spacial score (nSPS) is 24.9. The first kappa shape index (κ1) is 54.6. The molecule has 2 aliphatic heterocycles.